The highest BCUT2D eigenvalue weighted by molar-refractivity contribution is 6.04. The molecule has 0 radical (unpaired) electrons. The van der Waals surface area contributed by atoms with Gasteiger partial charge in [-0.15, -0.1) is 0 Å². The number of pyridine rings is 1. The van der Waals surface area contributed by atoms with Crippen molar-refractivity contribution in [3.05, 3.63) is 59.7 Å². The van der Waals surface area contributed by atoms with Gasteiger partial charge in [0.25, 0.3) is 5.91 Å². The topological polar surface area (TPSA) is 62.2 Å². The molecule has 5 heteroatoms. The van der Waals surface area contributed by atoms with Crippen molar-refractivity contribution in [3.8, 4) is 11.8 Å². The quantitative estimate of drug-likeness (QED) is 0.849. The van der Waals surface area contributed by atoms with Gasteiger partial charge in [0.1, 0.15) is 5.82 Å². The van der Waals surface area contributed by atoms with E-state index >= 15 is 0 Å². The summed E-state index contributed by atoms with van der Waals surface area (Å²) in [5.41, 5.74) is 1.17. The molecule has 1 heterocycles. The molecule has 0 unspecified atom stereocenters. The third-order valence-electron chi connectivity index (χ3n) is 2.61. The summed E-state index contributed by atoms with van der Waals surface area (Å²) in [6, 6.07) is 7.22. The predicted octanol–water partition coefficient (Wildman–Crippen LogP) is 2.21. The van der Waals surface area contributed by atoms with Crippen molar-refractivity contribution >= 4 is 11.6 Å². The van der Waals surface area contributed by atoms with Crippen LogP contribution in [0, 0.1) is 17.7 Å². The summed E-state index contributed by atoms with van der Waals surface area (Å²) < 4.78 is 13.3. The van der Waals surface area contributed by atoms with Crippen LogP contribution in [0.3, 0.4) is 0 Å². The van der Waals surface area contributed by atoms with Crippen LogP contribution in [-0.4, -0.2) is 22.6 Å². The summed E-state index contributed by atoms with van der Waals surface area (Å²) in [5.74, 6) is 4.64. The zero-order chi connectivity index (χ0) is 15.1. The Kier molecular flexibility index (Phi) is 5.02. The number of aliphatic hydroxyl groups excluding tert-OH is 1. The SMILES string of the molecule is O=C(Nc1ccc(F)cc1C#CCCO)c1cccnc1. The number of hydrogen-bond acceptors (Lipinski definition) is 3. The van der Waals surface area contributed by atoms with Crippen molar-refractivity contribution in [2.24, 2.45) is 0 Å². The van der Waals surface area contributed by atoms with Gasteiger partial charge >= 0.3 is 0 Å². The van der Waals surface area contributed by atoms with Gasteiger partial charge in [-0.3, -0.25) is 9.78 Å². The normalized spacial score (nSPS) is 9.62. The average Bonchev–Trinajstić information content (AvgIpc) is 2.51. The van der Waals surface area contributed by atoms with Crippen molar-refractivity contribution < 1.29 is 14.3 Å². The van der Waals surface area contributed by atoms with E-state index < -0.39 is 5.82 Å². The van der Waals surface area contributed by atoms with E-state index in [1.54, 1.807) is 18.3 Å². The maximum atomic E-state index is 13.3. The molecule has 0 saturated heterocycles. The fourth-order valence-electron chi connectivity index (χ4n) is 1.63. The summed E-state index contributed by atoms with van der Waals surface area (Å²) >= 11 is 0. The molecule has 2 N–H and O–H groups in total. The first-order chi connectivity index (χ1) is 10.2. The Hall–Kier alpha value is -2.71. The Morgan fingerprint density at radius 3 is 2.95 bits per heavy atom. The Balaban J connectivity index is 2.24. The van der Waals surface area contributed by atoms with E-state index in [1.165, 1.54) is 24.4 Å². The van der Waals surface area contributed by atoms with Gasteiger partial charge in [0.15, 0.2) is 0 Å². The van der Waals surface area contributed by atoms with E-state index in [0.29, 0.717) is 16.8 Å². The number of aromatic nitrogens is 1. The summed E-state index contributed by atoms with van der Waals surface area (Å²) in [5, 5.41) is 11.4. The van der Waals surface area contributed by atoms with Gasteiger partial charge in [-0.2, -0.15) is 0 Å². The second-order valence-electron chi connectivity index (χ2n) is 4.16. The number of nitrogens with one attached hydrogen (secondary N) is 1. The summed E-state index contributed by atoms with van der Waals surface area (Å²) in [6.07, 6.45) is 3.29. The zero-order valence-corrected chi connectivity index (χ0v) is 11.1. The number of halogens is 1. The van der Waals surface area contributed by atoms with E-state index in [9.17, 15) is 9.18 Å². The van der Waals surface area contributed by atoms with E-state index in [0.717, 1.165) is 0 Å². The third kappa shape index (κ3) is 4.13. The molecule has 4 nitrogen and oxygen atoms in total. The molecular weight excluding hydrogens is 271 g/mol. The molecule has 0 spiro atoms. The van der Waals surface area contributed by atoms with Gasteiger partial charge in [0.2, 0.25) is 0 Å². The van der Waals surface area contributed by atoms with Crippen LogP contribution in [0.15, 0.2) is 42.7 Å². The molecule has 0 fully saturated rings. The fourth-order valence-corrected chi connectivity index (χ4v) is 1.63. The molecule has 1 aromatic heterocycles. The Labute approximate surface area is 121 Å². The number of rotatable bonds is 3. The highest BCUT2D eigenvalue weighted by Gasteiger charge is 2.09. The molecule has 2 aromatic rings. The van der Waals surface area contributed by atoms with Crippen molar-refractivity contribution in [1.29, 1.82) is 0 Å². The second kappa shape index (κ2) is 7.17. The van der Waals surface area contributed by atoms with Gasteiger partial charge in [0.05, 0.1) is 23.4 Å². The molecule has 0 aliphatic carbocycles. The number of carbonyl (C=O) groups is 1. The van der Waals surface area contributed by atoms with Crippen LogP contribution < -0.4 is 5.32 Å². The summed E-state index contributed by atoms with van der Waals surface area (Å²) in [6.45, 7) is -0.0697. The van der Waals surface area contributed by atoms with E-state index in [-0.39, 0.29) is 18.9 Å². The average molecular weight is 284 g/mol. The minimum absolute atomic E-state index is 0.0697. The van der Waals surface area contributed by atoms with Crippen LogP contribution in [0.5, 0.6) is 0 Å². The van der Waals surface area contributed by atoms with Gasteiger partial charge in [0, 0.05) is 18.8 Å². The molecule has 0 aliphatic heterocycles. The summed E-state index contributed by atoms with van der Waals surface area (Å²) in [7, 11) is 0. The first-order valence-electron chi connectivity index (χ1n) is 6.31. The van der Waals surface area contributed by atoms with Crippen LogP contribution in [0.25, 0.3) is 0 Å². The zero-order valence-electron chi connectivity index (χ0n) is 11.1. The van der Waals surface area contributed by atoms with Crippen molar-refractivity contribution in [2.75, 3.05) is 11.9 Å². The lowest BCUT2D eigenvalue weighted by Crippen LogP contribution is -2.13. The second-order valence-corrected chi connectivity index (χ2v) is 4.16. The summed E-state index contributed by atoms with van der Waals surface area (Å²) in [4.78, 5) is 15.9. The largest absolute Gasteiger partial charge is 0.395 e. The number of benzene rings is 1. The maximum absolute atomic E-state index is 13.3. The van der Waals surface area contributed by atoms with Crippen LogP contribution in [0.4, 0.5) is 10.1 Å². The van der Waals surface area contributed by atoms with Crippen LogP contribution >= 0.6 is 0 Å². The Morgan fingerprint density at radius 2 is 2.24 bits per heavy atom. The van der Waals surface area contributed by atoms with E-state index in [4.69, 9.17) is 5.11 Å². The first kappa shape index (κ1) is 14.7. The molecule has 0 atom stereocenters. The lowest BCUT2D eigenvalue weighted by atomic mass is 10.1. The molecule has 2 rings (SSSR count). The van der Waals surface area contributed by atoms with E-state index in [1.807, 2.05) is 0 Å². The van der Waals surface area contributed by atoms with Crippen molar-refractivity contribution in [2.45, 2.75) is 6.42 Å². The standard InChI is InChI=1S/C16H13FN2O2/c17-14-6-7-15(12(10-14)4-1-2-9-20)19-16(21)13-5-3-8-18-11-13/h3,5-8,10-11,20H,2,9H2,(H,19,21). The highest BCUT2D eigenvalue weighted by Crippen LogP contribution is 2.17. The molecule has 106 valence electrons. The number of hydrogen-bond donors (Lipinski definition) is 2. The van der Waals surface area contributed by atoms with Gasteiger partial charge < -0.3 is 10.4 Å². The van der Waals surface area contributed by atoms with Crippen LogP contribution in [0.1, 0.15) is 22.3 Å². The minimum atomic E-state index is -0.442. The lowest BCUT2D eigenvalue weighted by Gasteiger charge is -2.07. The molecule has 21 heavy (non-hydrogen) atoms. The highest BCUT2D eigenvalue weighted by atomic mass is 19.1. The molecule has 1 amide bonds. The number of carbonyl (C=O) groups excluding carboxylic acids is 1. The number of anilines is 1. The maximum Gasteiger partial charge on any atom is 0.257 e. The van der Waals surface area contributed by atoms with Crippen molar-refractivity contribution in [3.63, 3.8) is 0 Å². The molecule has 0 bridgehead atoms. The minimum Gasteiger partial charge on any atom is -0.395 e. The number of nitrogens with zero attached hydrogens (tertiary/aromatic N) is 1. The predicted molar refractivity (Wildman–Crippen MR) is 77.2 cm³/mol. The van der Waals surface area contributed by atoms with Gasteiger partial charge in [-0.1, -0.05) is 11.8 Å². The molecule has 0 aliphatic rings. The Morgan fingerprint density at radius 1 is 1.38 bits per heavy atom. The monoisotopic (exact) mass is 284 g/mol. The Bertz CT molecular complexity index is 690. The molecule has 0 saturated carbocycles. The molecular formula is C16H13FN2O2. The van der Waals surface area contributed by atoms with Crippen LogP contribution in [0.2, 0.25) is 0 Å². The third-order valence-corrected chi connectivity index (χ3v) is 2.61. The fraction of sp³-hybridized carbons (Fsp3) is 0.125. The first-order valence-corrected chi connectivity index (χ1v) is 6.31. The van der Waals surface area contributed by atoms with Crippen LogP contribution in [-0.2, 0) is 0 Å². The van der Waals surface area contributed by atoms with Gasteiger partial charge in [-0.25, -0.2) is 4.39 Å². The smallest absolute Gasteiger partial charge is 0.257 e. The lowest BCUT2D eigenvalue weighted by molar-refractivity contribution is 0.102. The molecule has 1 aromatic carbocycles. The van der Waals surface area contributed by atoms with Crippen molar-refractivity contribution in [1.82, 2.24) is 4.98 Å². The van der Waals surface area contributed by atoms with E-state index in [2.05, 4.69) is 22.1 Å². The number of amides is 1. The van der Waals surface area contributed by atoms with Gasteiger partial charge in [-0.05, 0) is 30.3 Å². The number of aliphatic hydroxyl groups is 1.